The molecule has 1 saturated heterocycles. The molecule has 0 amide bonds. The Morgan fingerprint density at radius 1 is 1.06 bits per heavy atom. The van der Waals surface area contributed by atoms with Crippen LogP contribution in [0, 0.1) is 11.8 Å². The van der Waals surface area contributed by atoms with Crippen LogP contribution in [-0.4, -0.2) is 29.3 Å². The summed E-state index contributed by atoms with van der Waals surface area (Å²) >= 11 is 5.42. The van der Waals surface area contributed by atoms with Gasteiger partial charge >= 0.3 is 0 Å². The Labute approximate surface area is 109 Å². The van der Waals surface area contributed by atoms with E-state index in [0.717, 1.165) is 30.0 Å². The number of hydrazine groups is 1. The smallest absolute Gasteiger partial charge is 0.181 e. The molecule has 2 bridgehead atoms. The summed E-state index contributed by atoms with van der Waals surface area (Å²) in [5.74, 6) is 1.87. The molecule has 2 N–H and O–H groups in total. The minimum Gasteiger partial charge on any atom is -0.359 e. The predicted octanol–water partition coefficient (Wildman–Crippen LogP) is 2.04. The van der Waals surface area contributed by atoms with Gasteiger partial charge in [-0.05, 0) is 56.2 Å². The van der Waals surface area contributed by atoms with Crippen LogP contribution >= 0.6 is 12.2 Å². The Bertz CT molecular complexity index is 288. The Kier molecular flexibility index (Phi) is 3.52. The number of hydrogen-bond donors (Lipinski definition) is 2. The third-order valence-corrected chi connectivity index (χ3v) is 4.88. The first-order chi connectivity index (χ1) is 8.31. The number of thiocarbonyl (C=S) groups is 1. The van der Waals surface area contributed by atoms with E-state index in [0.29, 0.717) is 6.04 Å². The lowest BCUT2D eigenvalue weighted by atomic mass is 9.96. The highest BCUT2D eigenvalue weighted by atomic mass is 32.1. The van der Waals surface area contributed by atoms with Gasteiger partial charge in [-0.2, -0.15) is 0 Å². The Hall–Kier alpha value is -0.350. The third-order valence-electron chi connectivity index (χ3n) is 4.67. The highest BCUT2D eigenvalue weighted by Gasteiger charge is 2.39. The van der Waals surface area contributed by atoms with Gasteiger partial charge < -0.3 is 5.32 Å². The van der Waals surface area contributed by atoms with E-state index in [-0.39, 0.29) is 0 Å². The number of fused-ring (bicyclic) bond motifs is 2. The fourth-order valence-corrected chi connectivity index (χ4v) is 4.05. The van der Waals surface area contributed by atoms with Gasteiger partial charge in [0.2, 0.25) is 0 Å². The second-order valence-corrected chi connectivity index (χ2v) is 6.32. The zero-order chi connectivity index (χ0) is 11.7. The molecule has 1 heterocycles. The van der Waals surface area contributed by atoms with Crippen molar-refractivity contribution >= 4 is 17.3 Å². The SMILES string of the molecule is S=C(N[C@@H]1C[C@H]2CC[C@H]1C2)NN1CCCCC1. The molecule has 17 heavy (non-hydrogen) atoms. The van der Waals surface area contributed by atoms with Crippen LogP contribution in [0.4, 0.5) is 0 Å². The van der Waals surface area contributed by atoms with Gasteiger partial charge in [0.25, 0.3) is 0 Å². The van der Waals surface area contributed by atoms with Crippen molar-refractivity contribution in [2.45, 2.75) is 51.0 Å². The molecule has 3 aliphatic rings. The summed E-state index contributed by atoms with van der Waals surface area (Å²) in [6.07, 6.45) is 9.60. The molecule has 0 unspecified atom stereocenters. The van der Waals surface area contributed by atoms with E-state index in [9.17, 15) is 0 Å². The maximum Gasteiger partial charge on any atom is 0.181 e. The van der Waals surface area contributed by atoms with Gasteiger partial charge in [0.1, 0.15) is 0 Å². The average Bonchev–Trinajstić information content (AvgIpc) is 2.92. The molecule has 0 aromatic carbocycles. The van der Waals surface area contributed by atoms with Crippen molar-refractivity contribution in [2.24, 2.45) is 11.8 Å². The van der Waals surface area contributed by atoms with Crippen LogP contribution in [0.2, 0.25) is 0 Å². The Morgan fingerprint density at radius 3 is 2.53 bits per heavy atom. The molecule has 96 valence electrons. The fourth-order valence-electron chi connectivity index (χ4n) is 3.77. The normalized spacial score (nSPS) is 37.1. The van der Waals surface area contributed by atoms with E-state index < -0.39 is 0 Å². The van der Waals surface area contributed by atoms with E-state index in [1.54, 1.807) is 0 Å². The summed E-state index contributed by atoms with van der Waals surface area (Å²) < 4.78 is 0. The molecule has 0 aromatic rings. The highest BCUT2D eigenvalue weighted by Crippen LogP contribution is 2.44. The minimum atomic E-state index is 0.651. The first kappa shape index (κ1) is 11.7. The first-order valence-corrected chi connectivity index (χ1v) is 7.54. The third kappa shape index (κ3) is 2.74. The molecule has 3 nitrogen and oxygen atoms in total. The van der Waals surface area contributed by atoms with Crippen molar-refractivity contribution in [3.05, 3.63) is 0 Å². The van der Waals surface area contributed by atoms with E-state index in [1.165, 1.54) is 44.9 Å². The Balaban J connectivity index is 1.44. The first-order valence-electron chi connectivity index (χ1n) is 7.13. The second-order valence-electron chi connectivity index (χ2n) is 5.91. The van der Waals surface area contributed by atoms with Crippen LogP contribution in [0.5, 0.6) is 0 Å². The summed E-state index contributed by atoms with van der Waals surface area (Å²) in [6.45, 7) is 2.27. The molecule has 3 rings (SSSR count). The quantitative estimate of drug-likeness (QED) is 0.737. The summed E-state index contributed by atoms with van der Waals surface area (Å²) in [5.41, 5.74) is 3.36. The molecule has 0 radical (unpaired) electrons. The van der Waals surface area contributed by atoms with Crippen LogP contribution in [0.25, 0.3) is 0 Å². The van der Waals surface area contributed by atoms with E-state index in [1.807, 2.05) is 0 Å². The molecule has 0 aromatic heterocycles. The lowest BCUT2D eigenvalue weighted by Gasteiger charge is -2.30. The summed E-state index contributed by atoms with van der Waals surface area (Å²) in [7, 11) is 0. The summed E-state index contributed by atoms with van der Waals surface area (Å²) in [4.78, 5) is 0. The van der Waals surface area contributed by atoms with Crippen LogP contribution in [0.1, 0.15) is 44.9 Å². The predicted molar refractivity (Wildman–Crippen MR) is 73.5 cm³/mol. The van der Waals surface area contributed by atoms with Crippen molar-refractivity contribution in [1.29, 1.82) is 0 Å². The van der Waals surface area contributed by atoms with Gasteiger partial charge in [0, 0.05) is 19.1 Å². The average molecular weight is 253 g/mol. The van der Waals surface area contributed by atoms with Gasteiger partial charge in [0.05, 0.1) is 0 Å². The molecule has 4 heteroatoms. The number of nitrogens with one attached hydrogen (secondary N) is 2. The number of hydrogen-bond acceptors (Lipinski definition) is 2. The molecule has 3 fully saturated rings. The largest absolute Gasteiger partial charge is 0.359 e. The molecule has 3 atom stereocenters. The molecular formula is C13H23N3S. The Morgan fingerprint density at radius 2 is 1.88 bits per heavy atom. The second kappa shape index (κ2) is 5.11. The topological polar surface area (TPSA) is 27.3 Å². The van der Waals surface area contributed by atoms with Gasteiger partial charge in [0.15, 0.2) is 5.11 Å². The number of rotatable bonds is 2. The van der Waals surface area contributed by atoms with Crippen LogP contribution in [-0.2, 0) is 0 Å². The van der Waals surface area contributed by atoms with Crippen molar-refractivity contribution in [1.82, 2.24) is 15.8 Å². The van der Waals surface area contributed by atoms with Crippen molar-refractivity contribution in [2.75, 3.05) is 13.1 Å². The monoisotopic (exact) mass is 253 g/mol. The molecule has 1 aliphatic heterocycles. The molecular weight excluding hydrogens is 230 g/mol. The van der Waals surface area contributed by atoms with E-state index in [2.05, 4.69) is 15.8 Å². The van der Waals surface area contributed by atoms with Gasteiger partial charge in [-0.15, -0.1) is 0 Å². The van der Waals surface area contributed by atoms with E-state index in [4.69, 9.17) is 12.2 Å². The lowest BCUT2D eigenvalue weighted by Crippen LogP contribution is -2.52. The van der Waals surface area contributed by atoms with Crippen LogP contribution < -0.4 is 10.7 Å². The van der Waals surface area contributed by atoms with Gasteiger partial charge in [-0.3, -0.25) is 5.43 Å². The minimum absolute atomic E-state index is 0.651. The fraction of sp³-hybridized carbons (Fsp3) is 0.923. The van der Waals surface area contributed by atoms with Crippen molar-refractivity contribution in [3.63, 3.8) is 0 Å². The van der Waals surface area contributed by atoms with E-state index >= 15 is 0 Å². The number of nitrogens with zero attached hydrogens (tertiary/aromatic N) is 1. The standard InChI is InChI=1S/C13H23N3S/c17-13(15-16-6-2-1-3-7-16)14-12-9-10-4-5-11(12)8-10/h10-12H,1-9H2,(H2,14,15,17)/t10-,11-,12+/m0/s1. The van der Waals surface area contributed by atoms with Crippen LogP contribution in [0.15, 0.2) is 0 Å². The molecule has 2 aliphatic carbocycles. The maximum atomic E-state index is 5.42. The van der Waals surface area contributed by atoms with Gasteiger partial charge in [-0.25, -0.2) is 5.01 Å². The molecule has 2 saturated carbocycles. The zero-order valence-corrected chi connectivity index (χ0v) is 11.3. The zero-order valence-electron chi connectivity index (χ0n) is 10.5. The van der Waals surface area contributed by atoms with Crippen molar-refractivity contribution < 1.29 is 0 Å². The maximum absolute atomic E-state index is 5.42. The lowest BCUT2D eigenvalue weighted by molar-refractivity contribution is 0.192. The number of piperidine rings is 1. The summed E-state index contributed by atoms with van der Waals surface area (Å²) in [6, 6.07) is 0.651. The van der Waals surface area contributed by atoms with Crippen LogP contribution in [0.3, 0.4) is 0 Å². The molecule has 0 spiro atoms. The highest BCUT2D eigenvalue weighted by molar-refractivity contribution is 7.80. The van der Waals surface area contributed by atoms with Crippen molar-refractivity contribution in [3.8, 4) is 0 Å². The summed E-state index contributed by atoms with van der Waals surface area (Å²) in [5, 5.41) is 6.66. The van der Waals surface area contributed by atoms with Gasteiger partial charge in [-0.1, -0.05) is 12.8 Å².